The van der Waals surface area contributed by atoms with E-state index in [0.717, 1.165) is 11.1 Å². The zero-order valence-electron chi connectivity index (χ0n) is 12.1. The predicted molar refractivity (Wildman–Crippen MR) is 87.7 cm³/mol. The Morgan fingerprint density at radius 3 is 3.00 bits per heavy atom. The van der Waals surface area contributed by atoms with E-state index in [-0.39, 0.29) is 12.5 Å². The maximum atomic E-state index is 11.7. The molecule has 2 N–H and O–H groups in total. The molecule has 0 saturated carbocycles. The minimum atomic E-state index is -0.895. The molecule has 0 spiro atoms. The quantitative estimate of drug-likeness (QED) is 0.679. The molecule has 1 atom stereocenters. The van der Waals surface area contributed by atoms with Crippen LogP contribution < -0.4 is 5.32 Å². The summed E-state index contributed by atoms with van der Waals surface area (Å²) < 4.78 is 10.5. The molecule has 0 aliphatic rings. The standard InChI is InChI=1S/C17H15NO4S/c19-14(9-18-17(20)4-1-12-5-7-21-10-12)16-3-2-15(22-16)13-6-8-23-11-13/h1-8,10-11,14,19H,9H2,(H,18,20)/b4-1+/t14-/m0/s1. The third-order valence-electron chi connectivity index (χ3n) is 3.20. The fourth-order valence-corrected chi connectivity index (χ4v) is 2.64. The normalized spacial score (nSPS) is 12.6. The molecule has 3 heterocycles. The van der Waals surface area contributed by atoms with E-state index in [1.54, 1.807) is 35.6 Å². The molecule has 3 aromatic heterocycles. The van der Waals surface area contributed by atoms with Crippen molar-refractivity contribution in [3.8, 4) is 11.3 Å². The van der Waals surface area contributed by atoms with Crippen LogP contribution in [-0.4, -0.2) is 17.6 Å². The molecule has 0 aliphatic heterocycles. The van der Waals surface area contributed by atoms with E-state index in [0.29, 0.717) is 11.5 Å². The molecule has 0 fully saturated rings. The van der Waals surface area contributed by atoms with Crippen LogP contribution in [0.5, 0.6) is 0 Å². The number of thiophene rings is 1. The third kappa shape index (κ3) is 4.00. The molecule has 0 aromatic carbocycles. The smallest absolute Gasteiger partial charge is 0.244 e. The van der Waals surface area contributed by atoms with E-state index in [1.807, 2.05) is 16.8 Å². The second kappa shape index (κ2) is 7.13. The van der Waals surface area contributed by atoms with E-state index in [4.69, 9.17) is 8.83 Å². The highest BCUT2D eigenvalue weighted by Crippen LogP contribution is 2.26. The highest BCUT2D eigenvalue weighted by Gasteiger charge is 2.14. The lowest BCUT2D eigenvalue weighted by Gasteiger charge is -2.08. The lowest BCUT2D eigenvalue weighted by atomic mass is 10.2. The Balaban J connectivity index is 1.53. The number of furan rings is 2. The number of nitrogens with one attached hydrogen (secondary N) is 1. The first-order valence-electron chi connectivity index (χ1n) is 7.01. The molecule has 0 unspecified atom stereocenters. The van der Waals surface area contributed by atoms with Crippen LogP contribution in [0.3, 0.4) is 0 Å². The maximum Gasteiger partial charge on any atom is 0.244 e. The minimum absolute atomic E-state index is 0.0746. The van der Waals surface area contributed by atoms with Gasteiger partial charge in [-0.15, -0.1) is 0 Å². The molecule has 0 saturated heterocycles. The Hall–Kier alpha value is -2.57. The SMILES string of the molecule is O=C(/C=C/c1ccoc1)NC[C@H](O)c1ccc(-c2ccsc2)o1. The van der Waals surface area contributed by atoms with Gasteiger partial charge in [0.1, 0.15) is 17.6 Å². The van der Waals surface area contributed by atoms with Crippen molar-refractivity contribution in [3.05, 3.63) is 65.0 Å². The van der Waals surface area contributed by atoms with Gasteiger partial charge < -0.3 is 19.3 Å². The van der Waals surface area contributed by atoms with Crippen molar-refractivity contribution in [2.24, 2.45) is 0 Å². The van der Waals surface area contributed by atoms with Gasteiger partial charge >= 0.3 is 0 Å². The largest absolute Gasteiger partial charge is 0.472 e. The number of carbonyl (C=O) groups is 1. The van der Waals surface area contributed by atoms with Gasteiger partial charge in [0.15, 0.2) is 0 Å². The van der Waals surface area contributed by atoms with Crippen LogP contribution in [0.15, 0.2) is 62.5 Å². The Morgan fingerprint density at radius 1 is 1.35 bits per heavy atom. The monoisotopic (exact) mass is 329 g/mol. The Kier molecular flexibility index (Phi) is 4.75. The van der Waals surface area contributed by atoms with Crippen LogP contribution >= 0.6 is 11.3 Å². The summed E-state index contributed by atoms with van der Waals surface area (Å²) in [4.78, 5) is 11.7. The zero-order valence-corrected chi connectivity index (χ0v) is 13.0. The van der Waals surface area contributed by atoms with Crippen LogP contribution in [0, 0.1) is 0 Å². The Labute approximate surface area is 136 Å². The van der Waals surface area contributed by atoms with E-state index in [9.17, 15) is 9.90 Å². The van der Waals surface area contributed by atoms with Crippen molar-refractivity contribution in [3.63, 3.8) is 0 Å². The van der Waals surface area contributed by atoms with Gasteiger partial charge in [-0.1, -0.05) is 0 Å². The number of aliphatic hydroxyl groups is 1. The van der Waals surface area contributed by atoms with Gasteiger partial charge in [0.2, 0.25) is 5.91 Å². The van der Waals surface area contributed by atoms with Gasteiger partial charge in [-0.3, -0.25) is 4.79 Å². The molecule has 3 aromatic rings. The molecule has 6 heteroatoms. The molecule has 118 valence electrons. The van der Waals surface area contributed by atoms with Gasteiger partial charge in [-0.05, 0) is 35.7 Å². The van der Waals surface area contributed by atoms with Crippen LogP contribution in [0.25, 0.3) is 17.4 Å². The number of carbonyl (C=O) groups excluding carboxylic acids is 1. The van der Waals surface area contributed by atoms with Gasteiger partial charge in [0.25, 0.3) is 0 Å². The van der Waals surface area contributed by atoms with Gasteiger partial charge in [0.05, 0.1) is 19.1 Å². The summed E-state index contributed by atoms with van der Waals surface area (Å²) in [5, 5.41) is 16.6. The first kappa shape index (κ1) is 15.3. The van der Waals surface area contributed by atoms with Crippen LogP contribution in [0.1, 0.15) is 17.4 Å². The minimum Gasteiger partial charge on any atom is -0.472 e. The Morgan fingerprint density at radius 2 is 2.26 bits per heavy atom. The maximum absolute atomic E-state index is 11.7. The molecule has 5 nitrogen and oxygen atoms in total. The second-order valence-electron chi connectivity index (χ2n) is 4.87. The van der Waals surface area contributed by atoms with E-state index in [2.05, 4.69) is 5.32 Å². The van der Waals surface area contributed by atoms with Crippen LogP contribution in [-0.2, 0) is 4.79 Å². The average molecular weight is 329 g/mol. The number of rotatable bonds is 6. The summed E-state index contributed by atoms with van der Waals surface area (Å²) in [6, 6.07) is 7.21. The first-order chi connectivity index (χ1) is 11.2. The molecular weight excluding hydrogens is 314 g/mol. The third-order valence-corrected chi connectivity index (χ3v) is 3.88. The number of amides is 1. The highest BCUT2D eigenvalue weighted by atomic mass is 32.1. The van der Waals surface area contributed by atoms with Gasteiger partial charge in [-0.25, -0.2) is 0 Å². The average Bonchev–Trinajstić information content (AvgIpc) is 3.31. The Bertz CT molecular complexity index is 772. The van der Waals surface area contributed by atoms with E-state index in [1.165, 1.54) is 18.6 Å². The topological polar surface area (TPSA) is 75.6 Å². The fraction of sp³-hybridized carbons (Fsp3) is 0.118. The molecule has 0 aliphatic carbocycles. The summed E-state index contributed by atoms with van der Waals surface area (Å²) in [5.41, 5.74) is 1.77. The first-order valence-corrected chi connectivity index (χ1v) is 7.95. The van der Waals surface area contributed by atoms with Crippen molar-refractivity contribution in [2.45, 2.75) is 6.10 Å². The van der Waals surface area contributed by atoms with Gasteiger partial charge in [-0.2, -0.15) is 11.3 Å². The lowest BCUT2D eigenvalue weighted by Crippen LogP contribution is -2.26. The molecule has 23 heavy (non-hydrogen) atoms. The van der Waals surface area contributed by atoms with Crippen molar-refractivity contribution in [2.75, 3.05) is 6.54 Å². The molecular formula is C17H15NO4S. The van der Waals surface area contributed by atoms with Gasteiger partial charge in [0, 0.05) is 22.6 Å². The number of hydrogen-bond donors (Lipinski definition) is 2. The van der Waals surface area contributed by atoms with Crippen molar-refractivity contribution in [1.82, 2.24) is 5.32 Å². The molecule has 3 rings (SSSR count). The van der Waals surface area contributed by atoms with Crippen molar-refractivity contribution >= 4 is 23.3 Å². The molecule has 0 bridgehead atoms. The van der Waals surface area contributed by atoms with E-state index >= 15 is 0 Å². The summed E-state index contributed by atoms with van der Waals surface area (Å²) in [6.45, 7) is 0.0746. The summed E-state index contributed by atoms with van der Waals surface area (Å²) in [5.74, 6) is 0.826. The lowest BCUT2D eigenvalue weighted by molar-refractivity contribution is -0.116. The predicted octanol–water partition coefficient (Wildman–Crippen LogP) is 3.46. The molecule has 0 radical (unpaired) electrons. The van der Waals surface area contributed by atoms with Crippen LogP contribution in [0.2, 0.25) is 0 Å². The fourth-order valence-electron chi connectivity index (χ4n) is 1.99. The number of aliphatic hydroxyl groups excluding tert-OH is 1. The van der Waals surface area contributed by atoms with E-state index < -0.39 is 6.10 Å². The van der Waals surface area contributed by atoms with Crippen molar-refractivity contribution < 1.29 is 18.7 Å². The second-order valence-corrected chi connectivity index (χ2v) is 5.65. The summed E-state index contributed by atoms with van der Waals surface area (Å²) in [7, 11) is 0. The summed E-state index contributed by atoms with van der Waals surface area (Å²) in [6.07, 6.45) is 5.19. The molecule has 1 amide bonds. The summed E-state index contributed by atoms with van der Waals surface area (Å²) >= 11 is 1.58. The van der Waals surface area contributed by atoms with Crippen molar-refractivity contribution in [1.29, 1.82) is 0 Å². The van der Waals surface area contributed by atoms with Crippen LogP contribution in [0.4, 0.5) is 0 Å². The zero-order chi connectivity index (χ0) is 16.1. The highest BCUT2D eigenvalue weighted by molar-refractivity contribution is 7.08. The number of hydrogen-bond acceptors (Lipinski definition) is 5.